The van der Waals surface area contributed by atoms with Crippen LogP contribution in [0.2, 0.25) is 0 Å². The highest BCUT2D eigenvalue weighted by molar-refractivity contribution is 5.94. The first-order chi connectivity index (χ1) is 39.2. The predicted octanol–water partition coefficient (Wildman–Crippen LogP) is 9.37. The molecule has 5 fully saturated rings. The molecule has 444 valence electrons. The summed E-state index contributed by atoms with van der Waals surface area (Å²) >= 11 is 0. The van der Waals surface area contributed by atoms with E-state index in [9.17, 15) is 54.3 Å². The number of piperidine rings is 2. The van der Waals surface area contributed by atoms with Crippen LogP contribution in [-0.4, -0.2) is 144 Å². The number of anilines is 1. The first-order valence-electron chi connectivity index (χ1n) is 28.2. The smallest absolute Gasteiger partial charge is 0.376 e. The van der Waals surface area contributed by atoms with E-state index >= 15 is 0 Å². The Kier molecular flexibility index (Phi) is 18.8. The summed E-state index contributed by atoms with van der Waals surface area (Å²) < 4.78 is 120. The number of nitrogens with one attached hydrogen (secondary N) is 3. The molecular weight excluding hydrogens is 1090 g/mol. The molecule has 3 N–H and O–H groups in total. The maximum Gasteiger partial charge on any atom is 0.417 e. The number of aromatic amines is 1. The van der Waals surface area contributed by atoms with Crippen LogP contribution < -0.4 is 15.5 Å². The van der Waals surface area contributed by atoms with Crippen LogP contribution in [-0.2, 0) is 37.9 Å². The molecule has 0 radical (unpaired) electrons. The van der Waals surface area contributed by atoms with Gasteiger partial charge in [0, 0.05) is 68.6 Å². The number of H-pyrrole nitrogens is 1. The molecule has 82 heavy (non-hydrogen) atoms. The number of tetrazole rings is 1. The number of carbonyl (C=O) groups is 4. The summed E-state index contributed by atoms with van der Waals surface area (Å²) in [5, 5.41) is 28.8. The van der Waals surface area contributed by atoms with Crippen molar-refractivity contribution >= 4 is 29.9 Å². The van der Waals surface area contributed by atoms with Crippen LogP contribution in [0.4, 0.5) is 40.9 Å². The van der Waals surface area contributed by atoms with Crippen LogP contribution in [0.15, 0.2) is 60.7 Å². The van der Waals surface area contributed by atoms with Gasteiger partial charge >= 0.3 is 12.4 Å². The average Bonchev–Trinajstić information content (AvgIpc) is 3.57. The molecule has 5 aromatic rings. The second-order valence-electron chi connectivity index (χ2n) is 22.5. The maximum absolute atomic E-state index is 14.0. The number of ether oxygens (including phenoxy) is 1. The van der Waals surface area contributed by atoms with E-state index in [-0.39, 0.29) is 90.2 Å². The van der Waals surface area contributed by atoms with Crippen molar-refractivity contribution in [3.8, 4) is 22.5 Å². The Balaban J connectivity index is 0.000000198. The number of nitrogens with zero attached hydrogens (tertiary/aromatic N) is 10. The van der Waals surface area contributed by atoms with E-state index in [4.69, 9.17) is 4.74 Å². The van der Waals surface area contributed by atoms with Crippen molar-refractivity contribution in [3.05, 3.63) is 83.3 Å². The lowest BCUT2D eigenvalue weighted by Crippen LogP contribution is -2.60. The number of aromatic nitrogens is 8. The maximum atomic E-state index is 14.0. The van der Waals surface area contributed by atoms with Gasteiger partial charge in [-0.1, -0.05) is 67.3 Å². The fraction of sp³-hybridized carbons (Fsp3) is 0.589. The molecule has 3 aromatic heterocycles. The van der Waals surface area contributed by atoms with Crippen molar-refractivity contribution in [1.29, 1.82) is 0 Å². The lowest BCUT2D eigenvalue weighted by Gasteiger charge is -2.39. The third-order valence-corrected chi connectivity index (χ3v) is 16.1. The van der Waals surface area contributed by atoms with Crippen molar-refractivity contribution in [3.63, 3.8) is 0 Å². The number of benzene rings is 2. The van der Waals surface area contributed by atoms with Gasteiger partial charge in [-0.25, -0.2) is 8.78 Å². The SMILES string of the molecule is CC1(NC(=O)C[C@H](CC(=O)N2CCCCC2)N(C=O)c2cc(-c3ccccc3C(F)(F)F)n(C3CCCC3)n2)COC1.O=C(N[C@@H](CCN1CCCC(F)(F)C1)Cc1nn[nH]n1)c1cc(-c2ccccc2C(F)(F)F)n(C2CCCC2)n1. The Labute approximate surface area is 469 Å². The molecule has 26 heteroatoms. The second kappa shape index (κ2) is 25.8. The van der Waals surface area contributed by atoms with E-state index in [1.165, 1.54) is 47.4 Å². The molecule has 0 spiro atoms. The van der Waals surface area contributed by atoms with Crippen molar-refractivity contribution in [2.75, 3.05) is 50.8 Å². The minimum Gasteiger partial charge on any atom is -0.376 e. The average molecular weight is 1160 g/mol. The van der Waals surface area contributed by atoms with Crippen LogP contribution in [0.5, 0.6) is 0 Å². The van der Waals surface area contributed by atoms with Crippen LogP contribution >= 0.6 is 0 Å². The summed E-state index contributed by atoms with van der Waals surface area (Å²) in [5.74, 6) is -3.38. The van der Waals surface area contributed by atoms with Crippen LogP contribution in [0, 0.1) is 0 Å². The molecule has 5 aliphatic rings. The first-order valence-corrected chi connectivity index (χ1v) is 28.2. The van der Waals surface area contributed by atoms with Gasteiger partial charge < -0.3 is 20.3 Å². The van der Waals surface area contributed by atoms with E-state index in [1.54, 1.807) is 25.2 Å². The van der Waals surface area contributed by atoms with Gasteiger partial charge in [0.25, 0.3) is 11.8 Å². The lowest BCUT2D eigenvalue weighted by atomic mass is 9.99. The molecule has 3 aliphatic heterocycles. The highest BCUT2D eigenvalue weighted by Crippen LogP contribution is 2.43. The molecule has 0 unspecified atom stereocenters. The molecule has 18 nitrogen and oxygen atoms in total. The number of amides is 4. The Hall–Kier alpha value is -6.83. The molecule has 10 rings (SSSR count). The molecule has 4 amide bonds. The van der Waals surface area contributed by atoms with Gasteiger partial charge in [-0.15, -0.1) is 10.2 Å². The fourth-order valence-corrected chi connectivity index (χ4v) is 11.9. The number of hydrogen-bond donors (Lipinski definition) is 3. The third-order valence-electron chi connectivity index (χ3n) is 16.1. The summed E-state index contributed by atoms with van der Waals surface area (Å²) in [7, 11) is 0. The molecule has 2 saturated carbocycles. The highest BCUT2D eigenvalue weighted by Gasteiger charge is 2.40. The van der Waals surface area contributed by atoms with Gasteiger partial charge in [0.05, 0.1) is 65.9 Å². The standard InChI is InChI=1S/C30H38F3N5O4.C26H31F5N8O/c1-29(18-42-19-29)34-27(40)15-22(16-28(41)36-13-7-2-8-14-36)37(20-39)26-17-25(38(35-26)21-9-3-4-10-21)23-11-5-6-12-24(23)30(31,32)33;27-25(28)11-5-12-38(16-25)13-10-17(14-23-33-36-37-34-23)32-24(40)21-15-22(39(35-21)18-6-1-2-7-18)19-8-3-4-9-20(19)26(29,30)31/h5-6,11-12,17,20-22H,2-4,7-10,13-16,18-19H2,1H3,(H,34,40);3-4,8-9,15,17-18H,1-2,5-7,10-14,16H2,(H,32,40)(H,33,34,36,37)/t22-;17-/m10/s1. The first kappa shape index (κ1) is 59.8. The zero-order chi connectivity index (χ0) is 58.2. The van der Waals surface area contributed by atoms with Gasteiger partial charge in [0.2, 0.25) is 18.2 Å². The molecular formula is C56H69F8N13O5. The minimum atomic E-state index is -4.59. The number of halogens is 8. The van der Waals surface area contributed by atoms with Gasteiger partial charge in [-0.2, -0.15) is 41.8 Å². The normalized spacial score (nSPS) is 19.4. The van der Waals surface area contributed by atoms with Crippen LogP contribution in [0.25, 0.3) is 22.5 Å². The quantitative estimate of drug-likeness (QED) is 0.0525. The third kappa shape index (κ3) is 14.9. The number of likely N-dealkylation sites (tertiary alicyclic amines) is 2. The number of rotatable bonds is 19. The minimum absolute atomic E-state index is 0.0125. The van der Waals surface area contributed by atoms with E-state index < -0.39 is 52.9 Å². The van der Waals surface area contributed by atoms with Crippen LogP contribution in [0.1, 0.15) is 149 Å². The van der Waals surface area contributed by atoms with E-state index in [1.807, 2.05) is 6.92 Å². The van der Waals surface area contributed by atoms with Gasteiger partial charge in [-0.3, -0.25) is 38.3 Å². The molecule has 6 heterocycles. The van der Waals surface area contributed by atoms with E-state index in [2.05, 4.69) is 41.5 Å². The van der Waals surface area contributed by atoms with Crippen LogP contribution in [0.3, 0.4) is 0 Å². The fourth-order valence-electron chi connectivity index (χ4n) is 11.9. The predicted molar refractivity (Wildman–Crippen MR) is 284 cm³/mol. The zero-order valence-corrected chi connectivity index (χ0v) is 45.7. The largest absolute Gasteiger partial charge is 0.417 e. The number of hydrogen-bond acceptors (Lipinski definition) is 11. The van der Waals surface area contributed by atoms with E-state index in [0.29, 0.717) is 64.5 Å². The summed E-state index contributed by atoms with van der Waals surface area (Å²) in [4.78, 5) is 57.2. The second-order valence-corrected chi connectivity index (χ2v) is 22.5. The van der Waals surface area contributed by atoms with Gasteiger partial charge in [0.15, 0.2) is 17.3 Å². The lowest BCUT2D eigenvalue weighted by molar-refractivity contribution is -0.137. The molecule has 2 aromatic carbocycles. The summed E-state index contributed by atoms with van der Waals surface area (Å²) in [5.41, 5.74) is -1.71. The van der Waals surface area contributed by atoms with Crippen molar-refractivity contribution in [2.24, 2.45) is 0 Å². The van der Waals surface area contributed by atoms with Crippen molar-refractivity contribution in [1.82, 2.24) is 60.6 Å². The Morgan fingerprint density at radius 3 is 1.94 bits per heavy atom. The topological polar surface area (TPSA) is 201 Å². The van der Waals surface area contributed by atoms with Gasteiger partial charge in [0.1, 0.15) is 0 Å². The highest BCUT2D eigenvalue weighted by atomic mass is 19.4. The molecule has 2 aliphatic carbocycles. The van der Waals surface area contributed by atoms with E-state index in [0.717, 1.165) is 82.8 Å². The number of alkyl halides is 8. The molecule has 0 bridgehead atoms. The van der Waals surface area contributed by atoms with Gasteiger partial charge in [-0.05, 0) is 89.5 Å². The Morgan fingerprint density at radius 2 is 1.39 bits per heavy atom. The monoisotopic (exact) mass is 1160 g/mol. The zero-order valence-electron chi connectivity index (χ0n) is 45.7. The number of carbonyl (C=O) groups excluding carboxylic acids is 4. The summed E-state index contributed by atoms with van der Waals surface area (Å²) in [6, 6.07) is 11.8. The summed E-state index contributed by atoms with van der Waals surface area (Å²) in [6.07, 6.45) is 1.39. The van der Waals surface area contributed by atoms with Crippen molar-refractivity contribution in [2.45, 2.75) is 164 Å². The van der Waals surface area contributed by atoms with Crippen molar-refractivity contribution < 1.29 is 59.0 Å². The Bertz CT molecular complexity index is 2960. The molecule has 2 atom stereocenters. The Morgan fingerprint density at radius 1 is 0.793 bits per heavy atom. The molecule has 3 saturated heterocycles. The summed E-state index contributed by atoms with van der Waals surface area (Å²) in [6.45, 7) is 4.32.